The van der Waals surface area contributed by atoms with Crippen LogP contribution in [0.3, 0.4) is 0 Å². The maximum absolute atomic E-state index is 12.6. The van der Waals surface area contributed by atoms with E-state index in [0.717, 1.165) is 4.90 Å². The van der Waals surface area contributed by atoms with E-state index >= 15 is 0 Å². The summed E-state index contributed by atoms with van der Waals surface area (Å²) in [5.74, 6) is 0. The van der Waals surface area contributed by atoms with Gasteiger partial charge in [-0.2, -0.15) is 10.1 Å². The third-order valence-corrected chi connectivity index (χ3v) is 4.60. The van der Waals surface area contributed by atoms with Gasteiger partial charge in [0.05, 0.1) is 0 Å². The lowest BCUT2D eigenvalue weighted by Gasteiger charge is -2.36. The predicted octanol–water partition coefficient (Wildman–Crippen LogP) is 4.00. The fourth-order valence-electron chi connectivity index (χ4n) is 2.98. The number of rotatable bonds is 3. The van der Waals surface area contributed by atoms with Crippen molar-refractivity contribution >= 4 is 35.0 Å². The first-order valence-corrected chi connectivity index (χ1v) is 8.53. The lowest BCUT2D eigenvalue weighted by molar-refractivity contribution is -0.150. The molecule has 4 amide bonds. The molecule has 0 bridgehead atoms. The Labute approximate surface area is 161 Å². The van der Waals surface area contributed by atoms with E-state index in [9.17, 15) is 20.0 Å². The third kappa shape index (κ3) is 3.42. The normalized spacial score (nSPS) is 18.6. The van der Waals surface area contributed by atoms with Crippen molar-refractivity contribution in [3.05, 3.63) is 59.6 Å². The van der Waals surface area contributed by atoms with E-state index in [0.29, 0.717) is 26.5 Å². The Morgan fingerprint density at radius 3 is 2.48 bits per heavy atom. The van der Waals surface area contributed by atoms with Gasteiger partial charge in [0.1, 0.15) is 5.54 Å². The number of carbonyl (C=O) groups excluding carboxylic acids is 2. The number of halogens is 1. The average Bonchev–Trinajstić information content (AvgIpc) is 2.82. The zero-order valence-electron chi connectivity index (χ0n) is 14.7. The van der Waals surface area contributed by atoms with Crippen molar-refractivity contribution < 1.29 is 20.0 Å². The van der Waals surface area contributed by atoms with Crippen LogP contribution in [0.1, 0.15) is 13.8 Å². The van der Waals surface area contributed by atoms with Crippen molar-refractivity contribution in [2.75, 3.05) is 10.2 Å². The van der Waals surface area contributed by atoms with Crippen molar-refractivity contribution in [1.29, 1.82) is 0 Å². The van der Waals surface area contributed by atoms with Gasteiger partial charge in [0.15, 0.2) is 6.17 Å². The Balaban J connectivity index is 1.95. The molecule has 1 saturated heterocycles. The summed E-state index contributed by atoms with van der Waals surface area (Å²) in [5, 5.41) is 24.6. The van der Waals surface area contributed by atoms with Crippen LogP contribution in [0.2, 0.25) is 5.02 Å². The molecule has 0 unspecified atom stereocenters. The van der Waals surface area contributed by atoms with Gasteiger partial charge in [-0.1, -0.05) is 35.9 Å². The fourth-order valence-corrected chi connectivity index (χ4v) is 3.16. The van der Waals surface area contributed by atoms with Gasteiger partial charge in [0, 0.05) is 16.4 Å². The molecular weight excluding hydrogens is 372 g/mol. The van der Waals surface area contributed by atoms with E-state index < -0.39 is 23.8 Å². The molecule has 1 atom stereocenters. The molecule has 142 valence electrons. The Kier molecular flexibility index (Phi) is 4.97. The molecule has 8 nitrogen and oxygen atoms in total. The van der Waals surface area contributed by atoms with Gasteiger partial charge in [-0.15, -0.1) is 0 Å². The maximum atomic E-state index is 12.6. The van der Waals surface area contributed by atoms with Gasteiger partial charge < -0.3 is 5.32 Å². The minimum atomic E-state index is -1.30. The molecular formula is C18H19ClN4O4. The van der Waals surface area contributed by atoms with Crippen LogP contribution in [0.4, 0.5) is 21.0 Å². The van der Waals surface area contributed by atoms with E-state index in [4.69, 9.17) is 11.6 Å². The number of para-hydroxylation sites is 1. The highest BCUT2D eigenvalue weighted by Crippen LogP contribution is 2.37. The smallest absolute Gasteiger partial charge is 0.306 e. The Morgan fingerprint density at radius 2 is 1.85 bits per heavy atom. The molecule has 3 rings (SSSR count). The monoisotopic (exact) mass is 390 g/mol. The highest BCUT2D eigenvalue weighted by molar-refractivity contribution is 6.30. The summed E-state index contributed by atoms with van der Waals surface area (Å²) in [6.07, 6.45) is -1.21. The van der Waals surface area contributed by atoms with E-state index in [1.165, 1.54) is 19.9 Å². The number of hydroxylamine groups is 4. The van der Waals surface area contributed by atoms with Gasteiger partial charge in [0.25, 0.3) is 0 Å². The van der Waals surface area contributed by atoms with Crippen LogP contribution in [0.25, 0.3) is 0 Å². The summed E-state index contributed by atoms with van der Waals surface area (Å²) in [4.78, 5) is 26.3. The molecule has 0 radical (unpaired) electrons. The van der Waals surface area contributed by atoms with E-state index in [-0.39, 0.29) is 0 Å². The SMILES string of the molecule is CC1(C)[C@@H](N(O)C(=O)Nc2ccccc2)N(c2cccc(Cl)c2)C(=O)N1O. The standard InChI is InChI=1S/C18H19ClN4O4/c1-18(2)15(22(26)16(24)20-13-8-4-3-5-9-13)21(17(25)23(18)27)14-10-6-7-12(19)11-14/h3-11,15,26-27H,1-2H3,(H,20,24)/t15-/m1/s1. The van der Waals surface area contributed by atoms with Crippen LogP contribution in [0.15, 0.2) is 54.6 Å². The van der Waals surface area contributed by atoms with Crippen molar-refractivity contribution in [2.24, 2.45) is 0 Å². The molecule has 1 fully saturated rings. The number of anilines is 2. The van der Waals surface area contributed by atoms with Crippen LogP contribution in [-0.4, -0.2) is 44.3 Å². The third-order valence-electron chi connectivity index (χ3n) is 4.36. The number of amides is 4. The van der Waals surface area contributed by atoms with Crippen LogP contribution < -0.4 is 10.2 Å². The molecule has 2 aromatic carbocycles. The molecule has 27 heavy (non-hydrogen) atoms. The summed E-state index contributed by atoms with van der Waals surface area (Å²) in [7, 11) is 0. The molecule has 0 saturated carbocycles. The molecule has 0 aromatic heterocycles. The van der Waals surface area contributed by atoms with Gasteiger partial charge >= 0.3 is 12.1 Å². The lowest BCUT2D eigenvalue weighted by atomic mass is 10.0. The van der Waals surface area contributed by atoms with Crippen molar-refractivity contribution in [3.63, 3.8) is 0 Å². The molecule has 0 aliphatic carbocycles. The number of hydrogen-bond acceptors (Lipinski definition) is 4. The molecule has 2 aromatic rings. The highest BCUT2D eigenvalue weighted by Gasteiger charge is 2.56. The minimum absolute atomic E-state index is 0.327. The van der Waals surface area contributed by atoms with Gasteiger partial charge in [-0.3, -0.25) is 15.3 Å². The quantitative estimate of drug-likeness (QED) is 0.545. The first kappa shape index (κ1) is 19.0. The second kappa shape index (κ2) is 7.07. The zero-order chi connectivity index (χ0) is 19.8. The second-order valence-electron chi connectivity index (χ2n) is 6.61. The number of nitrogens with zero attached hydrogens (tertiary/aromatic N) is 3. The van der Waals surface area contributed by atoms with E-state index in [1.807, 2.05) is 0 Å². The molecule has 1 aliphatic heterocycles. The Morgan fingerprint density at radius 1 is 1.19 bits per heavy atom. The Hall–Kier alpha value is -2.81. The summed E-state index contributed by atoms with van der Waals surface area (Å²) in [6.45, 7) is 3.05. The summed E-state index contributed by atoms with van der Waals surface area (Å²) in [5.41, 5.74) is -0.505. The first-order valence-electron chi connectivity index (χ1n) is 8.15. The molecule has 0 spiro atoms. The number of hydrogen-bond donors (Lipinski definition) is 3. The second-order valence-corrected chi connectivity index (χ2v) is 7.05. The molecule has 3 N–H and O–H groups in total. The fraction of sp³-hybridized carbons (Fsp3) is 0.222. The zero-order valence-corrected chi connectivity index (χ0v) is 15.5. The average molecular weight is 391 g/mol. The summed E-state index contributed by atoms with van der Waals surface area (Å²) in [6, 6.07) is 13.3. The summed E-state index contributed by atoms with van der Waals surface area (Å²) >= 11 is 6.01. The van der Waals surface area contributed by atoms with Crippen LogP contribution in [-0.2, 0) is 0 Å². The van der Waals surface area contributed by atoms with Crippen molar-refractivity contribution in [1.82, 2.24) is 10.1 Å². The molecule has 1 heterocycles. The lowest BCUT2D eigenvalue weighted by Crippen LogP contribution is -2.57. The van der Waals surface area contributed by atoms with E-state index in [2.05, 4.69) is 5.32 Å². The van der Waals surface area contributed by atoms with Crippen LogP contribution in [0, 0.1) is 0 Å². The Bertz CT molecular complexity index is 861. The van der Waals surface area contributed by atoms with Gasteiger partial charge in [-0.05, 0) is 44.2 Å². The minimum Gasteiger partial charge on any atom is -0.306 e. The van der Waals surface area contributed by atoms with Gasteiger partial charge in [0.2, 0.25) is 0 Å². The number of carbonyl (C=O) groups is 2. The molecule has 9 heteroatoms. The number of urea groups is 2. The summed E-state index contributed by atoms with van der Waals surface area (Å²) < 4.78 is 0. The topological polar surface area (TPSA) is 96.3 Å². The number of nitrogens with one attached hydrogen (secondary N) is 1. The first-order chi connectivity index (χ1) is 12.7. The largest absolute Gasteiger partial charge is 0.350 e. The predicted molar refractivity (Wildman–Crippen MR) is 99.9 cm³/mol. The van der Waals surface area contributed by atoms with Crippen molar-refractivity contribution in [2.45, 2.75) is 25.6 Å². The van der Waals surface area contributed by atoms with Crippen molar-refractivity contribution in [3.8, 4) is 0 Å². The van der Waals surface area contributed by atoms with Crippen LogP contribution in [0.5, 0.6) is 0 Å². The highest BCUT2D eigenvalue weighted by atomic mass is 35.5. The van der Waals surface area contributed by atoms with E-state index in [1.54, 1.807) is 48.5 Å². The number of benzene rings is 2. The maximum Gasteiger partial charge on any atom is 0.350 e. The molecule has 1 aliphatic rings. The van der Waals surface area contributed by atoms with Gasteiger partial charge in [-0.25, -0.2) is 9.59 Å². The van der Waals surface area contributed by atoms with Crippen LogP contribution >= 0.6 is 11.6 Å².